The van der Waals surface area contributed by atoms with E-state index in [2.05, 4.69) is 19.2 Å². The number of nitrogens with zero attached hydrogens (tertiary/aromatic N) is 1. The second-order valence-corrected chi connectivity index (χ2v) is 9.32. The molecule has 0 radical (unpaired) electrons. The van der Waals surface area contributed by atoms with E-state index < -0.39 is 6.04 Å². The summed E-state index contributed by atoms with van der Waals surface area (Å²) in [6, 6.07) is 24.8. The molecule has 0 spiro atoms. The number of carbonyl (C=O) groups is 2. The Kier molecular flexibility index (Phi) is 9.47. The molecule has 1 unspecified atom stereocenters. The Bertz CT molecular complexity index is 1110. The zero-order valence-electron chi connectivity index (χ0n) is 21.2. The van der Waals surface area contributed by atoms with Crippen LogP contribution in [0.1, 0.15) is 36.1 Å². The molecule has 3 aromatic carbocycles. The van der Waals surface area contributed by atoms with Gasteiger partial charge < -0.3 is 15.0 Å². The van der Waals surface area contributed by atoms with Gasteiger partial charge in [0.15, 0.2) is 0 Å². The summed E-state index contributed by atoms with van der Waals surface area (Å²) in [5, 5.41) is 3.06. The maximum atomic E-state index is 13.8. The summed E-state index contributed by atoms with van der Waals surface area (Å²) in [6.45, 7) is 7.00. The van der Waals surface area contributed by atoms with Crippen molar-refractivity contribution in [3.63, 3.8) is 0 Å². The van der Waals surface area contributed by atoms with Crippen molar-refractivity contribution in [2.24, 2.45) is 5.92 Å². The average molecular weight is 473 g/mol. The van der Waals surface area contributed by atoms with Gasteiger partial charge in [0, 0.05) is 19.5 Å². The zero-order chi connectivity index (χ0) is 25.2. The van der Waals surface area contributed by atoms with Crippen LogP contribution in [0, 0.1) is 12.8 Å². The summed E-state index contributed by atoms with van der Waals surface area (Å²) in [5.74, 6) is 0.815. The van der Waals surface area contributed by atoms with Crippen LogP contribution in [0.4, 0.5) is 0 Å². The first-order chi connectivity index (χ1) is 16.9. The summed E-state index contributed by atoms with van der Waals surface area (Å²) in [7, 11) is 1.62. The standard InChI is InChI=1S/C30H36N2O3/c1-22(2)20-31-30(34)28(18-24-12-6-5-7-13-24)32(21-25-14-10-16-27(17-25)35-4)29(33)19-26-15-9-8-11-23(26)3/h5-17,22,28H,18-21H2,1-4H3,(H,31,34). The van der Waals surface area contributed by atoms with Crippen molar-refractivity contribution in [2.75, 3.05) is 13.7 Å². The molecule has 0 saturated heterocycles. The van der Waals surface area contributed by atoms with Crippen LogP contribution >= 0.6 is 0 Å². The Balaban J connectivity index is 1.98. The van der Waals surface area contributed by atoms with E-state index in [1.54, 1.807) is 12.0 Å². The number of rotatable bonds is 11. The maximum Gasteiger partial charge on any atom is 0.243 e. The molecule has 35 heavy (non-hydrogen) atoms. The van der Waals surface area contributed by atoms with E-state index in [4.69, 9.17) is 4.74 Å². The normalized spacial score (nSPS) is 11.7. The Morgan fingerprint density at radius 2 is 1.60 bits per heavy atom. The highest BCUT2D eigenvalue weighted by Gasteiger charge is 2.30. The molecule has 5 heteroatoms. The third-order valence-corrected chi connectivity index (χ3v) is 6.05. The van der Waals surface area contributed by atoms with E-state index in [-0.39, 0.29) is 18.2 Å². The van der Waals surface area contributed by atoms with Crippen molar-refractivity contribution in [2.45, 2.75) is 46.2 Å². The van der Waals surface area contributed by atoms with E-state index in [0.29, 0.717) is 25.4 Å². The van der Waals surface area contributed by atoms with Gasteiger partial charge in [-0.05, 0) is 47.2 Å². The van der Waals surface area contributed by atoms with Crippen LogP contribution in [0.5, 0.6) is 5.75 Å². The molecule has 0 saturated carbocycles. The van der Waals surface area contributed by atoms with Crippen molar-refractivity contribution >= 4 is 11.8 Å². The number of nitrogens with one attached hydrogen (secondary N) is 1. The van der Waals surface area contributed by atoms with Gasteiger partial charge in [0.25, 0.3) is 0 Å². The van der Waals surface area contributed by atoms with Gasteiger partial charge in [0.05, 0.1) is 13.5 Å². The number of hydrogen-bond donors (Lipinski definition) is 1. The highest BCUT2D eigenvalue weighted by molar-refractivity contribution is 5.89. The zero-order valence-corrected chi connectivity index (χ0v) is 21.2. The number of amides is 2. The lowest BCUT2D eigenvalue weighted by Crippen LogP contribution is -2.51. The summed E-state index contributed by atoms with van der Waals surface area (Å²) in [4.78, 5) is 29.0. The topological polar surface area (TPSA) is 58.6 Å². The smallest absolute Gasteiger partial charge is 0.243 e. The van der Waals surface area contributed by atoms with Gasteiger partial charge in [0.1, 0.15) is 11.8 Å². The largest absolute Gasteiger partial charge is 0.497 e. The number of benzene rings is 3. The molecule has 0 fully saturated rings. The average Bonchev–Trinajstić information content (AvgIpc) is 2.86. The molecule has 0 aliphatic rings. The molecular weight excluding hydrogens is 436 g/mol. The van der Waals surface area contributed by atoms with Gasteiger partial charge >= 0.3 is 0 Å². The van der Waals surface area contributed by atoms with Gasteiger partial charge in [-0.2, -0.15) is 0 Å². The summed E-state index contributed by atoms with van der Waals surface area (Å²) in [6.07, 6.45) is 0.674. The number of ether oxygens (including phenoxy) is 1. The summed E-state index contributed by atoms with van der Waals surface area (Å²) < 4.78 is 5.39. The molecule has 0 heterocycles. The van der Waals surface area contributed by atoms with Crippen LogP contribution in [0.2, 0.25) is 0 Å². The molecule has 1 N–H and O–H groups in total. The number of carbonyl (C=O) groups excluding carboxylic acids is 2. The molecule has 0 aromatic heterocycles. The van der Waals surface area contributed by atoms with Crippen LogP contribution in [0.25, 0.3) is 0 Å². The van der Waals surface area contributed by atoms with Gasteiger partial charge in [-0.1, -0.05) is 80.6 Å². The molecule has 1 atom stereocenters. The highest BCUT2D eigenvalue weighted by Crippen LogP contribution is 2.20. The minimum absolute atomic E-state index is 0.0808. The minimum Gasteiger partial charge on any atom is -0.497 e. The molecule has 0 aliphatic carbocycles. The minimum atomic E-state index is -0.640. The lowest BCUT2D eigenvalue weighted by atomic mass is 10.00. The quantitative estimate of drug-likeness (QED) is 0.429. The van der Waals surface area contributed by atoms with Crippen LogP contribution in [0.3, 0.4) is 0 Å². The van der Waals surface area contributed by atoms with Gasteiger partial charge in [0.2, 0.25) is 11.8 Å². The molecule has 3 rings (SSSR count). The van der Waals surface area contributed by atoms with Gasteiger partial charge in [-0.25, -0.2) is 0 Å². The maximum absolute atomic E-state index is 13.8. The Morgan fingerprint density at radius 1 is 0.914 bits per heavy atom. The molecule has 2 amide bonds. The number of hydrogen-bond acceptors (Lipinski definition) is 3. The van der Waals surface area contributed by atoms with Crippen molar-refractivity contribution < 1.29 is 14.3 Å². The highest BCUT2D eigenvalue weighted by atomic mass is 16.5. The molecule has 0 aliphatic heterocycles. The van der Waals surface area contributed by atoms with Crippen LogP contribution in [-0.2, 0) is 29.0 Å². The summed E-state index contributed by atoms with van der Waals surface area (Å²) in [5.41, 5.74) is 3.95. The fourth-order valence-corrected chi connectivity index (χ4v) is 4.02. The van der Waals surface area contributed by atoms with E-state index in [0.717, 1.165) is 28.0 Å². The second-order valence-electron chi connectivity index (χ2n) is 9.32. The van der Waals surface area contributed by atoms with Crippen LogP contribution in [0.15, 0.2) is 78.9 Å². The first-order valence-electron chi connectivity index (χ1n) is 12.2. The Morgan fingerprint density at radius 3 is 2.29 bits per heavy atom. The Hall–Kier alpha value is -3.60. The first-order valence-corrected chi connectivity index (χ1v) is 12.2. The SMILES string of the molecule is COc1cccc(CN(C(=O)Cc2ccccc2C)C(Cc2ccccc2)C(=O)NCC(C)C)c1. The Labute approximate surface area is 209 Å². The van der Waals surface area contributed by atoms with Crippen molar-refractivity contribution in [3.8, 4) is 5.75 Å². The van der Waals surface area contributed by atoms with Crippen molar-refractivity contribution in [1.29, 1.82) is 0 Å². The van der Waals surface area contributed by atoms with Crippen LogP contribution in [-0.4, -0.2) is 36.4 Å². The van der Waals surface area contributed by atoms with E-state index >= 15 is 0 Å². The van der Waals surface area contributed by atoms with Gasteiger partial charge in [-0.15, -0.1) is 0 Å². The van der Waals surface area contributed by atoms with Crippen molar-refractivity contribution in [1.82, 2.24) is 10.2 Å². The fourth-order valence-electron chi connectivity index (χ4n) is 4.02. The van der Waals surface area contributed by atoms with E-state index in [1.165, 1.54) is 0 Å². The number of methoxy groups -OCH3 is 1. The first kappa shape index (κ1) is 26.0. The monoisotopic (exact) mass is 472 g/mol. The lowest BCUT2D eigenvalue weighted by Gasteiger charge is -2.32. The van der Waals surface area contributed by atoms with Crippen LogP contribution < -0.4 is 10.1 Å². The fraction of sp³-hybridized carbons (Fsp3) is 0.333. The van der Waals surface area contributed by atoms with E-state index in [9.17, 15) is 9.59 Å². The second kappa shape index (κ2) is 12.7. The molecule has 5 nitrogen and oxygen atoms in total. The number of aryl methyl sites for hydroxylation is 1. The molecule has 0 bridgehead atoms. The lowest BCUT2D eigenvalue weighted by molar-refractivity contribution is -0.140. The van der Waals surface area contributed by atoms with Crippen molar-refractivity contribution in [3.05, 3.63) is 101 Å². The molecular formula is C30H36N2O3. The van der Waals surface area contributed by atoms with E-state index in [1.807, 2.05) is 85.8 Å². The molecule has 184 valence electrons. The third-order valence-electron chi connectivity index (χ3n) is 6.05. The predicted molar refractivity (Wildman–Crippen MR) is 140 cm³/mol. The third kappa shape index (κ3) is 7.71. The predicted octanol–water partition coefficient (Wildman–Crippen LogP) is 4.96. The van der Waals surface area contributed by atoms with Gasteiger partial charge in [-0.3, -0.25) is 9.59 Å². The summed E-state index contributed by atoms with van der Waals surface area (Å²) >= 11 is 0. The molecule has 3 aromatic rings.